The molecule has 0 fully saturated rings. The van der Waals surface area contributed by atoms with Crippen molar-refractivity contribution in [1.29, 1.82) is 0 Å². The lowest BCUT2D eigenvalue weighted by Gasteiger charge is -2.32. The summed E-state index contributed by atoms with van der Waals surface area (Å²) in [6.45, 7) is 3.28. The highest BCUT2D eigenvalue weighted by Gasteiger charge is 2.40. The highest BCUT2D eigenvalue weighted by Crippen LogP contribution is 2.43. The second-order valence-electron chi connectivity index (χ2n) is 7.08. The molecule has 9 nitrogen and oxygen atoms in total. The number of dihydropyridines is 1. The molecule has 1 aromatic rings. The van der Waals surface area contributed by atoms with E-state index in [9.17, 15) is 9.59 Å². The van der Waals surface area contributed by atoms with Crippen molar-refractivity contribution in [3.8, 4) is 0 Å². The van der Waals surface area contributed by atoms with E-state index in [-0.39, 0.29) is 47.6 Å². The maximum atomic E-state index is 13.2. The number of ether oxygens (including phenoxy) is 5. The van der Waals surface area contributed by atoms with Crippen molar-refractivity contribution in [3.05, 3.63) is 56.3 Å². The molecule has 3 N–H and O–H groups in total. The minimum Gasteiger partial charge on any atom is -0.466 e. The molecule has 1 atom stereocenters. The Morgan fingerprint density at radius 1 is 1.00 bits per heavy atom. The van der Waals surface area contributed by atoms with E-state index in [4.69, 9.17) is 52.6 Å². The van der Waals surface area contributed by atoms with Gasteiger partial charge >= 0.3 is 11.9 Å². The van der Waals surface area contributed by atoms with Gasteiger partial charge in [0, 0.05) is 13.7 Å². The SMILES string of the molecule is CCOC(=O)C1=C(COCCOCCN)NC(COC)=C(C(=O)OC)[C@@H]1c1cccc(Cl)c1Cl. The monoisotopic (exact) mass is 516 g/mol. The number of hydrogen-bond donors (Lipinski definition) is 2. The Labute approximate surface area is 209 Å². The number of carbonyl (C=O) groups is 2. The molecule has 0 spiro atoms. The fraction of sp³-hybridized carbons (Fsp3) is 0.478. The number of hydrogen-bond acceptors (Lipinski definition) is 9. The van der Waals surface area contributed by atoms with Crippen LogP contribution in [-0.2, 0) is 33.3 Å². The van der Waals surface area contributed by atoms with Crippen LogP contribution in [0.2, 0.25) is 10.0 Å². The fourth-order valence-electron chi connectivity index (χ4n) is 3.51. The Hall–Kier alpha value is -2.14. The minimum atomic E-state index is -0.934. The molecule has 0 saturated carbocycles. The predicted octanol–water partition coefficient (Wildman–Crippen LogP) is 2.56. The van der Waals surface area contributed by atoms with Crippen molar-refractivity contribution < 1.29 is 33.3 Å². The van der Waals surface area contributed by atoms with Gasteiger partial charge < -0.3 is 34.7 Å². The maximum absolute atomic E-state index is 13.2. The van der Waals surface area contributed by atoms with Crippen LogP contribution in [0, 0.1) is 0 Å². The molecule has 0 aliphatic carbocycles. The second-order valence-corrected chi connectivity index (χ2v) is 7.87. The number of benzene rings is 1. The molecule has 0 aromatic heterocycles. The van der Waals surface area contributed by atoms with E-state index in [1.165, 1.54) is 14.2 Å². The third-order valence-corrected chi connectivity index (χ3v) is 5.73. The maximum Gasteiger partial charge on any atom is 0.336 e. The first kappa shape index (κ1) is 28.1. The highest BCUT2D eigenvalue weighted by atomic mass is 35.5. The van der Waals surface area contributed by atoms with E-state index in [0.717, 1.165) is 0 Å². The number of carbonyl (C=O) groups excluding carboxylic acids is 2. The average Bonchev–Trinajstić information content (AvgIpc) is 2.82. The molecule has 34 heavy (non-hydrogen) atoms. The summed E-state index contributed by atoms with van der Waals surface area (Å²) >= 11 is 12.8. The van der Waals surface area contributed by atoms with Crippen LogP contribution < -0.4 is 11.1 Å². The molecule has 0 bridgehead atoms. The van der Waals surface area contributed by atoms with E-state index in [0.29, 0.717) is 36.7 Å². The molecule has 0 unspecified atom stereocenters. The summed E-state index contributed by atoms with van der Waals surface area (Å²) in [7, 11) is 2.74. The molecule has 2 rings (SSSR count). The molecule has 0 amide bonds. The van der Waals surface area contributed by atoms with Crippen LogP contribution in [0.15, 0.2) is 40.7 Å². The Kier molecular flexibility index (Phi) is 11.8. The van der Waals surface area contributed by atoms with E-state index in [1.807, 2.05) is 0 Å². The molecule has 1 heterocycles. The largest absolute Gasteiger partial charge is 0.466 e. The number of nitrogens with two attached hydrogens (primary N) is 1. The Bertz CT molecular complexity index is 934. The number of methoxy groups -OCH3 is 2. The topological polar surface area (TPSA) is 118 Å². The quantitative estimate of drug-likeness (QED) is 0.301. The Morgan fingerprint density at radius 2 is 1.68 bits per heavy atom. The van der Waals surface area contributed by atoms with Crippen LogP contribution in [0.3, 0.4) is 0 Å². The summed E-state index contributed by atoms with van der Waals surface area (Å²) in [6, 6.07) is 4.99. The van der Waals surface area contributed by atoms with Crippen molar-refractivity contribution in [2.24, 2.45) is 5.73 Å². The van der Waals surface area contributed by atoms with Crippen molar-refractivity contribution in [3.63, 3.8) is 0 Å². The van der Waals surface area contributed by atoms with Crippen molar-refractivity contribution in [2.45, 2.75) is 12.8 Å². The lowest BCUT2D eigenvalue weighted by Crippen LogP contribution is -2.37. The van der Waals surface area contributed by atoms with Gasteiger partial charge in [0.15, 0.2) is 0 Å². The van der Waals surface area contributed by atoms with Crippen molar-refractivity contribution >= 4 is 35.1 Å². The van der Waals surface area contributed by atoms with Gasteiger partial charge in [-0.05, 0) is 18.6 Å². The first-order valence-electron chi connectivity index (χ1n) is 10.7. The normalized spacial score (nSPS) is 15.9. The van der Waals surface area contributed by atoms with Crippen LogP contribution >= 0.6 is 23.2 Å². The van der Waals surface area contributed by atoms with Gasteiger partial charge in [0.05, 0.1) is 85.3 Å². The molecule has 1 aliphatic rings. The van der Waals surface area contributed by atoms with Gasteiger partial charge in [-0.3, -0.25) is 0 Å². The van der Waals surface area contributed by atoms with Crippen molar-refractivity contribution in [1.82, 2.24) is 5.32 Å². The summed E-state index contributed by atoms with van der Waals surface area (Å²) in [5.74, 6) is -2.22. The zero-order chi connectivity index (χ0) is 25.1. The highest BCUT2D eigenvalue weighted by molar-refractivity contribution is 6.42. The number of rotatable bonds is 13. The minimum absolute atomic E-state index is 0.0104. The molecule has 11 heteroatoms. The molecule has 1 aromatic carbocycles. The smallest absolute Gasteiger partial charge is 0.336 e. The molecular weight excluding hydrogens is 487 g/mol. The zero-order valence-electron chi connectivity index (χ0n) is 19.5. The van der Waals surface area contributed by atoms with Gasteiger partial charge in [0.25, 0.3) is 0 Å². The van der Waals surface area contributed by atoms with Gasteiger partial charge in [-0.15, -0.1) is 0 Å². The van der Waals surface area contributed by atoms with E-state index in [2.05, 4.69) is 5.32 Å². The standard InChI is InChI=1S/C23H30Cl2N2O7/c1-4-34-23(29)20-17(13-33-11-10-32-9-8-26)27-16(12-30-2)19(22(28)31-3)18(20)14-6-5-7-15(24)21(14)25/h5-7,18,27H,4,8-13,26H2,1-3H3/t18-/m0/s1. The number of halogens is 2. The number of nitrogens with one attached hydrogen (secondary N) is 1. The van der Waals surface area contributed by atoms with Gasteiger partial charge in [0.1, 0.15) is 0 Å². The average molecular weight is 517 g/mol. The van der Waals surface area contributed by atoms with Crippen LogP contribution in [0.4, 0.5) is 0 Å². The molecule has 188 valence electrons. The van der Waals surface area contributed by atoms with Crippen molar-refractivity contribution in [2.75, 3.05) is 60.4 Å². The van der Waals surface area contributed by atoms with Crippen LogP contribution in [0.5, 0.6) is 0 Å². The second kappa shape index (κ2) is 14.3. The number of esters is 2. The van der Waals surface area contributed by atoms with Gasteiger partial charge in [-0.25, -0.2) is 9.59 Å². The molecule has 1 aliphatic heterocycles. The first-order valence-corrected chi connectivity index (χ1v) is 11.4. The summed E-state index contributed by atoms with van der Waals surface area (Å²) in [5.41, 5.74) is 6.98. The summed E-state index contributed by atoms with van der Waals surface area (Å²) in [4.78, 5) is 26.1. The van der Waals surface area contributed by atoms with Gasteiger partial charge in [-0.1, -0.05) is 35.3 Å². The Morgan fingerprint density at radius 3 is 2.32 bits per heavy atom. The van der Waals surface area contributed by atoms with Crippen LogP contribution in [-0.4, -0.2) is 72.3 Å². The van der Waals surface area contributed by atoms with Gasteiger partial charge in [-0.2, -0.15) is 0 Å². The zero-order valence-corrected chi connectivity index (χ0v) is 21.0. The van der Waals surface area contributed by atoms with E-state index in [1.54, 1.807) is 25.1 Å². The molecule has 0 saturated heterocycles. The lowest BCUT2D eigenvalue weighted by atomic mass is 9.80. The summed E-state index contributed by atoms with van der Waals surface area (Å²) in [6.07, 6.45) is 0. The fourth-order valence-corrected chi connectivity index (χ4v) is 3.93. The first-order chi connectivity index (χ1) is 16.4. The van der Waals surface area contributed by atoms with Crippen LogP contribution in [0.25, 0.3) is 0 Å². The van der Waals surface area contributed by atoms with Crippen LogP contribution in [0.1, 0.15) is 18.4 Å². The predicted molar refractivity (Wildman–Crippen MR) is 128 cm³/mol. The third-order valence-electron chi connectivity index (χ3n) is 4.89. The van der Waals surface area contributed by atoms with Gasteiger partial charge in [0.2, 0.25) is 0 Å². The molecular formula is C23H30Cl2N2O7. The lowest BCUT2D eigenvalue weighted by molar-refractivity contribution is -0.139. The third kappa shape index (κ3) is 6.94. The van der Waals surface area contributed by atoms with E-state index < -0.39 is 17.9 Å². The summed E-state index contributed by atoms with van der Waals surface area (Å²) in [5, 5.41) is 3.59. The van der Waals surface area contributed by atoms with E-state index >= 15 is 0 Å². The molecule has 0 radical (unpaired) electrons. The summed E-state index contributed by atoms with van der Waals surface area (Å²) < 4.78 is 26.7. The Balaban J connectivity index is 2.62.